The molecule has 16 heavy (non-hydrogen) atoms. The standard InChI is InChI=1S/C12H23NO3/c13-10-12(4-7-14-8-5-12)16-9-11-3-1-2-6-15-11/h11H,1-10,13H2. The van der Waals surface area contributed by atoms with Gasteiger partial charge in [-0.25, -0.2) is 0 Å². The summed E-state index contributed by atoms with van der Waals surface area (Å²) in [6.45, 7) is 3.69. The molecule has 2 aliphatic heterocycles. The van der Waals surface area contributed by atoms with Crippen molar-refractivity contribution in [1.29, 1.82) is 0 Å². The summed E-state index contributed by atoms with van der Waals surface area (Å²) >= 11 is 0. The average molecular weight is 229 g/mol. The van der Waals surface area contributed by atoms with Gasteiger partial charge in [0, 0.05) is 39.2 Å². The molecule has 2 rings (SSSR count). The zero-order chi connectivity index (χ0) is 11.3. The fourth-order valence-electron chi connectivity index (χ4n) is 2.36. The van der Waals surface area contributed by atoms with Gasteiger partial charge < -0.3 is 19.9 Å². The molecule has 0 saturated carbocycles. The van der Waals surface area contributed by atoms with E-state index in [-0.39, 0.29) is 11.7 Å². The zero-order valence-electron chi connectivity index (χ0n) is 9.95. The van der Waals surface area contributed by atoms with Crippen LogP contribution in [0.4, 0.5) is 0 Å². The van der Waals surface area contributed by atoms with Crippen molar-refractivity contribution in [3.05, 3.63) is 0 Å². The maximum absolute atomic E-state index is 6.03. The number of nitrogens with two attached hydrogens (primary N) is 1. The first-order valence-electron chi connectivity index (χ1n) is 6.38. The number of hydrogen-bond acceptors (Lipinski definition) is 4. The SMILES string of the molecule is NCC1(OCC2CCCCO2)CCOCC1. The van der Waals surface area contributed by atoms with E-state index < -0.39 is 0 Å². The molecule has 0 bridgehead atoms. The van der Waals surface area contributed by atoms with Gasteiger partial charge in [-0.2, -0.15) is 0 Å². The highest BCUT2D eigenvalue weighted by molar-refractivity contribution is 4.85. The third-order valence-electron chi connectivity index (χ3n) is 3.63. The molecule has 0 aromatic heterocycles. The van der Waals surface area contributed by atoms with Gasteiger partial charge in [0.05, 0.1) is 18.3 Å². The Balaban J connectivity index is 1.77. The van der Waals surface area contributed by atoms with Crippen molar-refractivity contribution < 1.29 is 14.2 Å². The molecule has 4 heteroatoms. The van der Waals surface area contributed by atoms with Crippen LogP contribution in [0.1, 0.15) is 32.1 Å². The summed E-state index contributed by atoms with van der Waals surface area (Å²) in [6, 6.07) is 0. The van der Waals surface area contributed by atoms with Crippen molar-refractivity contribution in [1.82, 2.24) is 0 Å². The van der Waals surface area contributed by atoms with E-state index in [4.69, 9.17) is 19.9 Å². The second-order valence-corrected chi connectivity index (χ2v) is 4.80. The smallest absolute Gasteiger partial charge is 0.0849 e. The van der Waals surface area contributed by atoms with Crippen molar-refractivity contribution in [3.8, 4) is 0 Å². The lowest BCUT2D eigenvalue weighted by atomic mass is 9.94. The van der Waals surface area contributed by atoms with Gasteiger partial charge in [-0.15, -0.1) is 0 Å². The van der Waals surface area contributed by atoms with Crippen molar-refractivity contribution in [3.63, 3.8) is 0 Å². The van der Waals surface area contributed by atoms with Gasteiger partial charge >= 0.3 is 0 Å². The predicted octanol–water partition coefficient (Wildman–Crippen LogP) is 1.08. The quantitative estimate of drug-likeness (QED) is 0.783. The summed E-state index contributed by atoms with van der Waals surface area (Å²) < 4.78 is 17.0. The van der Waals surface area contributed by atoms with Gasteiger partial charge in [0.15, 0.2) is 0 Å². The van der Waals surface area contributed by atoms with Crippen LogP contribution in [-0.2, 0) is 14.2 Å². The second kappa shape index (κ2) is 5.96. The molecule has 4 nitrogen and oxygen atoms in total. The van der Waals surface area contributed by atoms with E-state index >= 15 is 0 Å². The Labute approximate surface area is 97.4 Å². The normalized spacial score (nSPS) is 30.2. The molecule has 0 radical (unpaired) electrons. The fraction of sp³-hybridized carbons (Fsp3) is 1.00. The summed E-state index contributed by atoms with van der Waals surface area (Å²) in [6.07, 6.45) is 5.67. The third-order valence-corrected chi connectivity index (χ3v) is 3.63. The Morgan fingerprint density at radius 1 is 1.19 bits per heavy atom. The summed E-state index contributed by atoms with van der Waals surface area (Å²) in [5.41, 5.74) is 5.68. The van der Waals surface area contributed by atoms with Crippen LogP contribution < -0.4 is 5.73 Å². The minimum Gasteiger partial charge on any atom is -0.381 e. The summed E-state index contributed by atoms with van der Waals surface area (Å²) in [7, 11) is 0. The first-order valence-corrected chi connectivity index (χ1v) is 6.38. The molecule has 0 aromatic rings. The van der Waals surface area contributed by atoms with Crippen LogP contribution in [0.25, 0.3) is 0 Å². The number of hydrogen-bond donors (Lipinski definition) is 1. The average Bonchev–Trinajstić information content (AvgIpc) is 2.39. The monoisotopic (exact) mass is 229 g/mol. The molecule has 0 spiro atoms. The minimum absolute atomic E-state index is 0.154. The highest BCUT2D eigenvalue weighted by Crippen LogP contribution is 2.25. The highest BCUT2D eigenvalue weighted by atomic mass is 16.5. The van der Waals surface area contributed by atoms with Crippen molar-refractivity contribution >= 4 is 0 Å². The third kappa shape index (κ3) is 3.17. The van der Waals surface area contributed by atoms with E-state index in [1.807, 2.05) is 0 Å². The molecule has 2 saturated heterocycles. The largest absolute Gasteiger partial charge is 0.381 e. The molecule has 2 heterocycles. The predicted molar refractivity (Wildman–Crippen MR) is 61.4 cm³/mol. The lowest BCUT2D eigenvalue weighted by Crippen LogP contribution is -2.47. The van der Waals surface area contributed by atoms with E-state index in [1.165, 1.54) is 12.8 Å². The molecule has 0 aromatic carbocycles. The Kier molecular flexibility index (Phi) is 4.58. The van der Waals surface area contributed by atoms with Gasteiger partial charge in [-0.05, 0) is 19.3 Å². The molecule has 2 fully saturated rings. The second-order valence-electron chi connectivity index (χ2n) is 4.80. The van der Waals surface area contributed by atoms with E-state index in [0.29, 0.717) is 13.2 Å². The Morgan fingerprint density at radius 3 is 2.62 bits per heavy atom. The lowest BCUT2D eigenvalue weighted by molar-refractivity contribution is -0.138. The Morgan fingerprint density at radius 2 is 2.00 bits per heavy atom. The van der Waals surface area contributed by atoms with Crippen molar-refractivity contribution in [2.75, 3.05) is 33.0 Å². The fourth-order valence-corrected chi connectivity index (χ4v) is 2.36. The van der Waals surface area contributed by atoms with Crippen LogP contribution in [0.3, 0.4) is 0 Å². The Bertz CT molecular complexity index is 198. The number of ether oxygens (including phenoxy) is 3. The number of rotatable bonds is 4. The topological polar surface area (TPSA) is 53.7 Å². The van der Waals surface area contributed by atoms with Crippen LogP contribution in [0.5, 0.6) is 0 Å². The maximum atomic E-state index is 6.03. The van der Waals surface area contributed by atoms with Crippen LogP contribution >= 0.6 is 0 Å². The first kappa shape index (κ1) is 12.3. The van der Waals surface area contributed by atoms with E-state index in [2.05, 4.69) is 0 Å². The van der Waals surface area contributed by atoms with E-state index in [1.54, 1.807) is 0 Å². The Hall–Kier alpha value is -0.160. The van der Waals surface area contributed by atoms with Crippen LogP contribution in [-0.4, -0.2) is 44.7 Å². The maximum Gasteiger partial charge on any atom is 0.0849 e. The van der Waals surface area contributed by atoms with Crippen LogP contribution in [0.2, 0.25) is 0 Å². The van der Waals surface area contributed by atoms with Gasteiger partial charge in [-0.1, -0.05) is 0 Å². The first-order chi connectivity index (χ1) is 7.85. The summed E-state index contributed by atoms with van der Waals surface area (Å²) in [5.74, 6) is 0. The van der Waals surface area contributed by atoms with Gasteiger partial charge in [-0.3, -0.25) is 0 Å². The lowest BCUT2D eigenvalue weighted by Gasteiger charge is -2.37. The zero-order valence-corrected chi connectivity index (χ0v) is 9.95. The van der Waals surface area contributed by atoms with Gasteiger partial charge in [0.1, 0.15) is 0 Å². The van der Waals surface area contributed by atoms with Crippen molar-refractivity contribution in [2.45, 2.75) is 43.8 Å². The van der Waals surface area contributed by atoms with Crippen molar-refractivity contribution in [2.24, 2.45) is 5.73 Å². The van der Waals surface area contributed by atoms with E-state index in [0.717, 1.165) is 39.1 Å². The molecule has 2 N–H and O–H groups in total. The molecule has 0 amide bonds. The van der Waals surface area contributed by atoms with E-state index in [9.17, 15) is 0 Å². The molecular weight excluding hydrogens is 206 g/mol. The molecule has 2 aliphatic rings. The van der Waals surface area contributed by atoms with Gasteiger partial charge in [0.2, 0.25) is 0 Å². The summed E-state index contributed by atoms with van der Waals surface area (Å²) in [5, 5.41) is 0. The molecular formula is C12H23NO3. The molecule has 1 atom stereocenters. The minimum atomic E-state index is -0.154. The molecule has 0 aliphatic carbocycles. The molecule has 1 unspecified atom stereocenters. The van der Waals surface area contributed by atoms with Crippen LogP contribution in [0, 0.1) is 0 Å². The van der Waals surface area contributed by atoms with Gasteiger partial charge in [0.25, 0.3) is 0 Å². The highest BCUT2D eigenvalue weighted by Gasteiger charge is 2.33. The summed E-state index contributed by atoms with van der Waals surface area (Å²) in [4.78, 5) is 0. The molecule has 94 valence electrons. The van der Waals surface area contributed by atoms with Crippen LogP contribution in [0.15, 0.2) is 0 Å².